The number of hydrogen-bond acceptors (Lipinski definition) is 4. The minimum absolute atomic E-state index is 0.145. The van der Waals surface area contributed by atoms with Crippen molar-refractivity contribution in [3.8, 4) is 0 Å². The summed E-state index contributed by atoms with van der Waals surface area (Å²) in [5.74, 6) is -0.354. The van der Waals surface area contributed by atoms with Crippen LogP contribution in [-0.2, 0) is 14.3 Å². The van der Waals surface area contributed by atoms with Gasteiger partial charge in [0.2, 0.25) is 11.8 Å². The molecule has 216 valence electrons. The van der Waals surface area contributed by atoms with Crippen LogP contribution < -0.4 is 10.6 Å². The molecule has 2 atom stereocenters. The summed E-state index contributed by atoms with van der Waals surface area (Å²) in [6.45, 7) is 19.7. The van der Waals surface area contributed by atoms with Crippen LogP contribution >= 0.6 is 0 Å². The van der Waals surface area contributed by atoms with Crippen molar-refractivity contribution < 1.29 is 19.1 Å². The maximum atomic E-state index is 14.2. The molecule has 0 bridgehead atoms. The molecule has 0 aliphatic rings. The Balaban J connectivity index is 3.50. The summed E-state index contributed by atoms with van der Waals surface area (Å²) < 4.78 is 5.48. The molecule has 0 spiro atoms. The zero-order chi connectivity index (χ0) is 29.1. The number of rotatable bonds is 13. The quantitative estimate of drug-likeness (QED) is 0.278. The van der Waals surface area contributed by atoms with Gasteiger partial charge in [-0.25, -0.2) is 4.79 Å². The van der Waals surface area contributed by atoms with Crippen molar-refractivity contribution in [1.29, 1.82) is 0 Å². The Labute approximate surface area is 231 Å². The number of amides is 3. The van der Waals surface area contributed by atoms with Crippen molar-refractivity contribution in [3.63, 3.8) is 0 Å². The number of nitrogens with zero attached hydrogens (tertiary/aromatic N) is 1. The topological polar surface area (TPSA) is 87.7 Å². The number of carbonyl (C=O) groups is 3. The first-order valence-electron chi connectivity index (χ1n) is 14.2. The van der Waals surface area contributed by atoms with Crippen LogP contribution in [0.2, 0.25) is 0 Å². The van der Waals surface area contributed by atoms with E-state index in [-0.39, 0.29) is 17.7 Å². The van der Waals surface area contributed by atoms with Gasteiger partial charge in [0, 0.05) is 12.1 Å². The second-order valence-electron chi connectivity index (χ2n) is 12.8. The van der Waals surface area contributed by atoms with Gasteiger partial charge in [0.05, 0.1) is 0 Å². The van der Waals surface area contributed by atoms with Crippen LogP contribution in [0.25, 0.3) is 0 Å². The highest BCUT2D eigenvalue weighted by atomic mass is 16.6. The number of ether oxygens (including phenoxy) is 1. The molecule has 0 saturated heterocycles. The van der Waals surface area contributed by atoms with Crippen molar-refractivity contribution in [1.82, 2.24) is 15.5 Å². The normalized spacial score (nSPS) is 13.6. The Kier molecular flexibility index (Phi) is 13.3. The standard InChI is InChI=1S/C31H53N3O4/c1-11-12-13-14-15-19-34(28(36)25(20-22(2)3)32-29(37)38-31(8,9)10)26(27(35)33-30(5,6)7)24-18-16-17-23(4)21-24/h16-18,21-22,25-26H,11-15,19-20H2,1-10H3,(H,32,37)(H,33,35). The third kappa shape index (κ3) is 12.8. The van der Waals surface area contributed by atoms with Crippen LogP contribution in [0, 0.1) is 12.8 Å². The average molecular weight is 532 g/mol. The van der Waals surface area contributed by atoms with E-state index in [1.165, 1.54) is 0 Å². The largest absolute Gasteiger partial charge is 0.444 e. The van der Waals surface area contributed by atoms with Crippen molar-refractivity contribution in [2.45, 2.75) is 131 Å². The van der Waals surface area contributed by atoms with Gasteiger partial charge in [0.25, 0.3) is 0 Å². The fraction of sp³-hybridized carbons (Fsp3) is 0.710. The number of aryl methyl sites for hydroxylation is 1. The van der Waals surface area contributed by atoms with Crippen LogP contribution in [0.3, 0.4) is 0 Å². The van der Waals surface area contributed by atoms with Gasteiger partial charge in [-0.2, -0.15) is 0 Å². The van der Waals surface area contributed by atoms with Gasteiger partial charge in [0.1, 0.15) is 17.7 Å². The third-order valence-electron chi connectivity index (χ3n) is 5.90. The summed E-state index contributed by atoms with van der Waals surface area (Å²) in [7, 11) is 0. The summed E-state index contributed by atoms with van der Waals surface area (Å²) in [5.41, 5.74) is 0.609. The van der Waals surface area contributed by atoms with E-state index in [0.29, 0.717) is 13.0 Å². The summed E-state index contributed by atoms with van der Waals surface area (Å²) >= 11 is 0. The van der Waals surface area contributed by atoms with Crippen molar-refractivity contribution in [2.75, 3.05) is 6.54 Å². The monoisotopic (exact) mass is 531 g/mol. The van der Waals surface area contributed by atoms with E-state index in [9.17, 15) is 14.4 Å². The molecule has 0 aliphatic carbocycles. The molecule has 7 heteroatoms. The number of unbranched alkanes of at least 4 members (excludes halogenated alkanes) is 4. The second kappa shape index (κ2) is 15.1. The lowest BCUT2D eigenvalue weighted by Gasteiger charge is -2.36. The zero-order valence-electron chi connectivity index (χ0n) is 25.6. The first kappa shape index (κ1) is 33.5. The molecule has 0 heterocycles. The maximum Gasteiger partial charge on any atom is 0.408 e. The summed E-state index contributed by atoms with van der Waals surface area (Å²) in [4.78, 5) is 42.4. The minimum Gasteiger partial charge on any atom is -0.444 e. The van der Waals surface area contributed by atoms with Gasteiger partial charge in [-0.1, -0.05) is 76.3 Å². The Bertz CT molecular complexity index is 899. The van der Waals surface area contributed by atoms with E-state index in [1.54, 1.807) is 25.7 Å². The predicted octanol–water partition coefficient (Wildman–Crippen LogP) is 6.69. The molecular formula is C31H53N3O4. The molecule has 1 aromatic carbocycles. The SMILES string of the molecule is CCCCCCCN(C(=O)C(CC(C)C)NC(=O)OC(C)(C)C)C(C(=O)NC(C)(C)C)c1cccc(C)c1. The van der Waals surface area contributed by atoms with Gasteiger partial charge in [-0.15, -0.1) is 0 Å². The summed E-state index contributed by atoms with van der Waals surface area (Å²) in [6.07, 6.45) is 4.88. The van der Waals surface area contributed by atoms with E-state index in [1.807, 2.05) is 65.8 Å². The fourth-order valence-electron chi connectivity index (χ4n) is 4.35. The highest BCUT2D eigenvalue weighted by molar-refractivity contribution is 5.92. The van der Waals surface area contributed by atoms with Crippen molar-refractivity contribution in [2.24, 2.45) is 5.92 Å². The van der Waals surface area contributed by atoms with E-state index in [4.69, 9.17) is 4.74 Å². The van der Waals surface area contributed by atoms with E-state index in [0.717, 1.165) is 43.2 Å². The van der Waals surface area contributed by atoms with Crippen LogP contribution in [0.4, 0.5) is 4.79 Å². The molecule has 0 aromatic heterocycles. The highest BCUT2D eigenvalue weighted by Crippen LogP contribution is 2.26. The molecule has 2 unspecified atom stereocenters. The Morgan fingerprint density at radius 3 is 2.13 bits per heavy atom. The molecule has 38 heavy (non-hydrogen) atoms. The second-order valence-corrected chi connectivity index (χ2v) is 12.8. The highest BCUT2D eigenvalue weighted by Gasteiger charge is 2.37. The lowest BCUT2D eigenvalue weighted by Crippen LogP contribution is -2.55. The van der Waals surface area contributed by atoms with Crippen LogP contribution in [0.15, 0.2) is 24.3 Å². The predicted molar refractivity (Wildman–Crippen MR) is 155 cm³/mol. The van der Waals surface area contributed by atoms with E-state index >= 15 is 0 Å². The molecule has 3 amide bonds. The lowest BCUT2D eigenvalue weighted by molar-refractivity contribution is -0.143. The smallest absolute Gasteiger partial charge is 0.408 e. The number of alkyl carbamates (subject to hydrolysis) is 1. The van der Waals surface area contributed by atoms with Gasteiger partial charge < -0.3 is 20.3 Å². The molecule has 1 rings (SSSR count). The molecule has 0 aliphatic heterocycles. The summed E-state index contributed by atoms with van der Waals surface area (Å²) in [5, 5.41) is 5.91. The van der Waals surface area contributed by atoms with Crippen LogP contribution in [0.5, 0.6) is 0 Å². The lowest BCUT2D eigenvalue weighted by atomic mass is 9.97. The molecule has 0 fully saturated rings. The van der Waals surface area contributed by atoms with Crippen molar-refractivity contribution >= 4 is 17.9 Å². The van der Waals surface area contributed by atoms with Crippen LogP contribution in [0.1, 0.15) is 118 Å². The van der Waals surface area contributed by atoms with Gasteiger partial charge >= 0.3 is 6.09 Å². The molecule has 0 saturated carbocycles. The zero-order valence-corrected chi connectivity index (χ0v) is 25.6. The number of nitrogens with one attached hydrogen (secondary N) is 2. The van der Waals surface area contributed by atoms with Gasteiger partial charge in [-0.05, 0) is 72.8 Å². The van der Waals surface area contributed by atoms with Crippen molar-refractivity contribution in [3.05, 3.63) is 35.4 Å². The van der Waals surface area contributed by atoms with E-state index < -0.39 is 29.3 Å². The van der Waals surface area contributed by atoms with Gasteiger partial charge in [-0.3, -0.25) is 9.59 Å². The van der Waals surface area contributed by atoms with E-state index in [2.05, 4.69) is 17.6 Å². The summed E-state index contributed by atoms with van der Waals surface area (Å²) in [6, 6.07) is 6.12. The third-order valence-corrected chi connectivity index (χ3v) is 5.90. The molecule has 0 radical (unpaired) electrons. The Morgan fingerprint density at radius 2 is 1.61 bits per heavy atom. The molecule has 2 N–H and O–H groups in total. The number of carbonyl (C=O) groups excluding carboxylic acids is 3. The average Bonchev–Trinajstić information content (AvgIpc) is 2.74. The molecular weight excluding hydrogens is 478 g/mol. The fourth-order valence-corrected chi connectivity index (χ4v) is 4.35. The number of benzene rings is 1. The first-order chi connectivity index (χ1) is 17.5. The number of hydrogen-bond donors (Lipinski definition) is 2. The molecule has 1 aromatic rings. The van der Waals surface area contributed by atoms with Gasteiger partial charge in [0.15, 0.2) is 0 Å². The Hall–Kier alpha value is -2.57. The minimum atomic E-state index is -0.817. The van der Waals surface area contributed by atoms with Crippen LogP contribution in [-0.4, -0.2) is 46.5 Å². The first-order valence-corrected chi connectivity index (χ1v) is 14.2. The molecule has 7 nitrogen and oxygen atoms in total. The Morgan fingerprint density at radius 1 is 0.974 bits per heavy atom. The maximum absolute atomic E-state index is 14.2.